The maximum atomic E-state index is 12.2. The van der Waals surface area contributed by atoms with Gasteiger partial charge in [-0.3, -0.25) is 4.79 Å². The van der Waals surface area contributed by atoms with Crippen molar-refractivity contribution in [1.29, 1.82) is 0 Å². The predicted octanol–water partition coefficient (Wildman–Crippen LogP) is 2.95. The zero-order valence-electron chi connectivity index (χ0n) is 11.3. The molecule has 0 aliphatic rings. The van der Waals surface area contributed by atoms with Crippen molar-refractivity contribution in [2.24, 2.45) is 0 Å². The van der Waals surface area contributed by atoms with Crippen molar-refractivity contribution >= 4 is 23.2 Å². The van der Waals surface area contributed by atoms with E-state index in [-0.39, 0.29) is 12.5 Å². The van der Waals surface area contributed by atoms with Crippen LogP contribution in [0.1, 0.15) is 23.0 Å². The number of anilines is 1. The first-order valence-corrected chi connectivity index (χ1v) is 6.88. The predicted molar refractivity (Wildman–Crippen MR) is 80.3 cm³/mol. The summed E-state index contributed by atoms with van der Waals surface area (Å²) in [7, 11) is 0. The molecular weight excluding hydrogens is 276 g/mol. The summed E-state index contributed by atoms with van der Waals surface area (Å²) in [5.74, 6) is -0.186. The topological polar surface area (TPSA) is 54.3 Å². The van der Waals surface area contributed by atoms with Gasteiger partial charge in [0.2, 0.25) is 0 Å². The average molecular weight is 293 g/mol. The number of aryl methyl sites for hydroxylation is 1. The van der Waals surface area contributed by atoms with Crippen LogP contribution in [0.3, 0.4) is 0 Å². The number of nitrogens with zero attached hydrogens (tertiary/aromatic N) is 1. The van der Waals surface area contributed by atoms with Crippen LogP contribution in [0.2, 0.25) is 5.02 Å². The Balaban J connectivity index is 2.10. The van der Waals surface area contributed by atoms with E-state index >= 15 is 0 Å². The number of aromatic nitrogens is 1. The second-order valence-electron chi connectivity index (χ2n) is 4.45. The molecule has 1 aromatic heterocycles. The van der Waals surface area contributed by atoms with Crippen molar-refractivity contribution in [2.45, 2.75) is 19.9 Å². The quantitative estimate of drug-likeness (QED) is 0.890. The number of hydrogen-bond acceptors (Lipinski definition) is 2. The summed E-state index contributed by atoms with van der Waals surface area (Å²) in [5.41, 5.74) is 2.29. The van der Waals surface area contributed by atoms with Gasteiger partial charge in [0.25, 0.3) is 5.91 Å². The molecule has 0 atom stereocenters. The van der Waals surface area contributed by atoms with Crippen LogP contribution in [0.25, 0.3) is 0 Å². The summed E-state index contributed by atoms with van der Waals surface area (Å²) in [6.45, 7) is 2.76. The van der Waals surface area contributed by atoms with Gasteiger partial charge >= 0.3 is 0 Å². The van der Waals surface area contributed by atoms with Gasteiger partial charge in [0.1, 0.15) is 5.69 Å². The van der Waals surface area contributed by atoms with Gasteiger partial charge in [-0.2, -0.15) is 0 Å². The summed E-state index contributed by atoms with van der Waals surface area (Å²) < 4.78 is 1.80. The minimum Gasteiger partial charge on any atom is -0.396 e. The second-order valence-corrected chi connectivity index (χ2v) is 4.89. The third-order valence-corrected chi connectivity index (χ3v) is 3.26. The smallest absolute Gasteiger partial charge is 0.272 e. The van der Waals surface area contributed by atoms with E-state index in [0.29, 0.717) is 23.7 Å². The molecule has 0 spiro atoms. The van der Waals surface area contributed by atoms with E-state index in [9.17, 15) is 4.79 Å². The van der Waals surface area contributed by atoms with E-state index in [1.807, 2.05) is 31.2 Å². The van der Waals surface area contributed by atoms with E-state index in [2.05, 4.69) is 5.32 Å². The lowest BCUT2D eigenvalue weighted by Crippen LogP contribution is -2.16. The van der Waals surface area contributed by atoms with Crippen LogP contribution in [0.5, 0.6) is 0 Å². The molecule has 0 unspecified atom stereocenters. The van der Waals surface area contributed by atoms with Crippen LogP contribution in [0.4, 0.5) is 5.69 Å². The number of hydrogen-bond donors (Lipinski definition) is 2. The van der Waals surface area contributed by atoms with Gasteiger partial charge in [0.05, 0.1) is 5.02 Å². The molecule has 1 heterocycles. The average Bonchev–Trinajstić information content (AvgIpc) is 2.82. The van der Waals surface area contributed by atoms with Crippen molar-refractivity contribution in [3.05, 3.63) is 52.8 Å². The maximum absolute atomic E-state index is 12.2. The van der Waals surface area contributed by atoms with Crippen molar-refractivity contribution < 1.29 is 9.90 Å². The third kappa shape index (κ3) is 3.40. The lowest BCUT2D eigenvalue weighted by Gasteiger charge is -2.08. The Morgan fingerprint density at radius 3 is 2.65 bits per heavy atom. The molecule has 0 saturated heterocycles. The van der Waals surface area contributed by atoms with Crippen LogP contribution in [-0.4, -0.2) is 22.2 Å². The summed E-state index contributed by atoms with van der Waals surface area (Å²) in [6.07, 6.45) is 2.35. The first kappa shape index (κ1) is 14.6. The van der Waals surface area contributed by atoms with Gasteiger partial charge in [0.15, 0.2) is 0 Å². The highest BCUT2D eigenvalue weighted by Gasteiger charge is 2.12. The molecule has 0 saturated carbocycles. The van der Waals surface area contributed by atoms with Gasteiger partial charge in [-0.15, -0.1) is 0 Å². The van der Waals surface area contributed by atoms with Crippen molar-refractivity contribution in [2.75, 3.05) is 11.9 Å². The van der Waals surface area contributed by atoms with E-state index in [1.165, 1.54) is 0 Å². The van der Waals surface area contributed by atoms with Gasteiger partial charge in [-0.1, -0.05) is 23.7 Å². The Morgan fingerprint density at radius 2 is 2.05 bits per heavy atom. The molecule has 106 valence electrons. The molecular formula is C15H17ClN2O2. The van der Waals surface area contributed by atoms with Crippen LogP contribution >= 0.6 is 11.6 Å². The number of halogens is 1. The fourth-order valence-electron chi connectivity index (χ4n) is 2.01. The molecule has 0 fully saturated rings. The minimum absolute atomic E-state index is 0.119. The highest BCUT2D eigenvalue weighted by Crippen LogP contribution is 2.16. The van der Waals surface area contributed by atoms with Gasteiger partial charge < -0.3 is 15.0 Å². The molecule has 0 aliphatic carbocycles. The van der Waals surface area contributed by atoms with E-state index in [1.54, 1.807) is 16.8 Å². The first-order valence-electron chi connectivity index (χ1n) is 6.51. The fraction of sp³-hybridized carbons (Fsp3) is 0.267. The minimum atomic E-state index is -0.186. The Kier molecular flexibility index (Phi) is 4.82. The first-order chi connectivity index (χ1) is 9.63. The number of aliphatic hydroxyl groups excluding tert-OH is 1. The number of nitrogens with one attached hydrogen (secondary N) is 1. The number of carbonyl (C=O) groups excluding carboxylic acids is 1. The third-order valence-electron chi connectivity index (χ3n) is 3.05. The number of aliphatic hydroxyl groups is 1. The largest absolute Gasteiger partial charge is 0.396 e. The van der Waals surface area contributed by atoms with E-state index in [0.717, 1.165) is 11.3 Å². The summed E-state index contributed by atoms with van der Waals surface area (Å²) >= 11 is 5.92. The van der Waals surface area contributed by atoms with Crippen LogP contribution in [0.15, 0.2) is 36.5 Å². The van der Waals surface area contributed by atoms with Crippen LogP contribution < -0.4 is 5.32 Å². The standard InChI is InChI=1S/C15H17ClN2O2/c1-2-18-10-12(16)9-14(18)15(20)17-13-5-3-11(4-6-13)7-8-19/h3-6,9-10,19H,2,7-8H2,1H3,(H,17,20). The molecule has 2 aromatic rings. The highest BCUT2D eigenvalue weighted by atomic mass is 35.5. The van der Waals surface area contributed by atoms with Gasteiger partial charge in [0, 0.05) is 25.0 Å². The Hall–Kier alpha value is -1.78. The Bertz CT molecular complexity index is 590. The lowest BCUT2D eigenvalue weighted by molar-refractivity contribution is 0.101. The molecule has 2 rings (SSSR count). The normalized spacial score (nSPS) is 10.6. The molecule has 2 N–H and O–H groups in total. The molecule has 20 heavy (non-hydrogen) atoms. The van der Waals surface area contributed by atoms with Crippen LogP contribution in [-0.2, 0) is 13.0 Å². The van der Waals surface area contributed by atoms with Crippen molar-refractivity contribution in [3.63, 3.8) is 0 Å². The summed E-state index contributed by atoms with van der Waals surface area (Å²) in [6, 6.07) is 9.07. The molecule has 0 bridgehead atoms. The van der Waals surface area contributed by atoms with E-state index < -0.39 is 0 Å². The molecule has 0 radical (unpaired) electrons. The lowest BCUT2D eigenvalue weighted by atomic mass is 10.1. The molecule has 5 heteroatoms. The molecule has 1 aromatic carbocycles. The van der Waals surface area contributed by atoms with Crippen LogP contribution in [0, 0.1) is 0 Å². The zero-order valence-corrected chi connectivity index (χ0v) is 12.0. The number of rotatable bonds is 5. The number of carbonyl (C=O) groups is 1. The monoisotopic (exact) mass is 292 g/mol. The summed E-state index contributed by atoms with van der Waals surface area (Å²) in [5, 5.41) is 12.2. The Morgan fingerprint density at radius 1 is 1.35 bits per heavy atom. The van der Waals surface area contributed by atoms with E-state index in [4.69, 9.17) is 16.7 Å². The van der Waals surface area contributed by atoms with Gasteiger partial charge in [-0.05, 0) is 37.1 Å². The molecule has 1 amide bonds. The van der Waals surface area contributed by atoms with Gasteiger partial charge in [-0.25, -0.2) is 0 Å². The number of amides is 1. The second kappa shape index (κ2) is 6.59. The number of benzene rings is 1. The maximum Gasteiger partial charge on any atom is 0.272 e. The van der Waals surface area contributed by atoms with Crippen molar-refractivity contribution in [3.8, 4) is 0 Å². The molecule has 4 nitrogen and oxygen atoms in total. The fourth-order valence-corrected chi connectivity index (χ4v) is 2.23. The summed E-state index contributed by atoms with van der Waals surface area (Å²) in [4.78, 5) is 12.2. The SMILES string of the molecule is CCn1cc(Cl)cc1C(=O)Nc1ccc(CCO)cc1. The highest BCUT2D eigenvalue weighted by molar-refractivity contribution is 6.31. The Labute approximate surface area is 123 Å². The zero-order chi connectivity index (χ0) is 14.5. The van der Waals surface area contributed by atoms with Crippen molar-refractivity contribution in [1.82, 2.24) is 4.57 Å². The molecule has 0 aliphatic heterocycles.